The summed E-state index contributed by atoms with van der Waals surface area (Å²) in [5.74, 6) is 0.138. The van der Waals surface area contributed by atoms with Crippen molar-refractivity contribution in [2.75, 3.05) is 26.2 Å². The molecule has 1 aliphatic rings. The Hall–Kier alpha value is -2.08. The van der Waals surface area contributed by atoms with E-state index in [0.717, 1.165) is 38.9 Å². The van der Waals surface area contributed by atoms with E-state index in [-0.39, 0.29) is 23.8 Å². The Kier molecular flexibility index (Phi) is 8.77. The van der Waals surface area contributed by atoms with Crippen molar-refractivity contribution in [3.63, 3.8) is 0 Å². The molecule has 1 aromatic rings. The maximum absolute atomic E-state index is 12.9. The number of piperidine rings is 1. The van der Waals surface area contributed by atoms with E-state index in [2.05, 4.69) is 22.5 Å². The summed E-state index contributed by atoms with van der Waals surface area (Å²) in [6.45, 7) is 11.6. The van der Waals surface area contributed by atoms with Gasteiger partial charge in [0.15, 0.2) is 0 Å². The average Bonchev–Trinajstić information content (AvgIpc) is 2.68. The third-order valence-corrected chi connectivity index (χ3v) is 5.14. The minimum absolute atomic E-state index is 0.0108. The van der Waals surface area contributed by atoms with Gasteiger partial charge in [0.25, 0.3) is 5.91 Å². The molecule has 28 heavy (non-hydrogen) atoms. The van der Waals surface area contributed by atoms with Gasteiger partial charge in [-0.2, -0.15) is 0 Å². The first-order valence-electron chi connectivity index (χ1n) is 10.5. The fraction of sp³-hybridized carbons (Fsp3) is 0.636. The average molecular weight is 390 g/mol. The summed E-state index contributed by atoms with van der Waals surface area (Å²) >= 11 is 0. The number of hydrogen-bond donors (Lipinski definition) is 2. The van der Waals surface area contributed by atoms with Crippen molar-refractivity contribution < 1.29 is 14.3 Å². The fourth-order valence-corrected chi connectivity index (χ4v) is 3.60. The van der Waals surface area contributed by atoms with Gasteiger partial charge in [0.2, 0.25) is 5.91 Å². The number of nitrogens with one attached hydrogen (secondary N) is 2. The molecule has 6 heteroatoms. The number of amides is 2. The molecular weight excluding hydrogens is 354 g/mol. The molecule has 0 bridgehead atoms. The van der Waals surface area contributed by atoms with Gasteiger partial charge < -0.3 is 20.3 Å². The number of para-hydroxylation sites is 1. The highest BCUT2D eigenvalue weighted by molar-refractivity contribution is 5.99. The van der Waals surface area contributed by atoms with Gasteiger partial charge in [0.05, 0.1) is 12.2 Å². The Morgan fingerprint density at radius 3 is 2.46 bits per heavy atom. The van der Waals surface area contributed by atoms with Crippen LogP contribution in [0.4, 0.5) is 0 Å². The second kappa shape index (κ2) is 11.1. The Balaban J connectivity index is 1.97. The van der Waals surface area contributed by atoms with Crippen LogP contribution in [0.2, 0.25) is 0 Å². The Morgan fingerprint density at radius 1 is 1.18 bits per heavy atom. The maximum atomic E-state index is 12.9. The number of carbonyl (C=O) groups is 2. The molecule has 0 aromatic heterocycles. The summed E-state index contributed by atoms with van der Waals surface area (Å²) in [7, 11) is 0. The third kappa shape index (κ3) is 6.23. The molecule has 0 spiro atoms. The molecule has 0 saturated carbocycles. The van der Waals surface area contributed by atoms with Crippen LogP contribution in [-0.4, -0.2) is 55.0 Å². The number of benzene rings is 1. The minimum Gasteiger partial charge on any atom is -0.493 e. The maximum Gasteiger partial charge on any atom is 0.255 e. The van der Waals surface area contributed by atoms with Crippen LogP contribution in [0.5, 0.6) is 5.75 Å². The highest BCUT2D eigenvalue weighted by Crippen LogP contribution is 2.19. The van der Waals surface area contributed by atoms with Crippen LogP contribution in [0, 0.1) is 5.92 Å². The monoisotopic (exact) mass is 389 g/mol. The molecule has 1 atom stereocenters. The molecule has 2 amide bonds. The van der Waals surface area contributed by atoms with Crippen LogP contribution >= 0.6 is 0 Å². The van der Waals surface area contributed by atoms with Crippen molar-refractivity contribution in [1.82, 2.24) is 15.5 Å². The molecule has 1 fully saturated rings. The topological polar surface area (TPSA) is 70.7 Å². The lowest BCUT2D eigenvalue weighted by atomic mass is 10.00. The molecule has 2 N–H and O–H groups in total. The van der Waals surface area contributed by atoms with Crippen molar-refractivity contribution >= 4 is 11.8 Å². The van der Waals surface area contributed by atoms with E-state index in [1.807, 2.05) is 26.8 Å². The predicted octanol–water partition coefficient (Wildman–Crippen LogP) is 2.83. The number of hydrogen-bond acceptors (Lipinski definition) is 4. The quantitative estimate of drug-likeness (QED) is 0.681. The van der Waals surface area contributed by atoms with Gasteiger partial charge in [-0.1, -0.05) is 32.9 Å². The van der Waals surface area contributed by atoms with Crippen LogP contribution in [-0.2, 0) is 4.79 Å². The first kappa shape index (κ1) is 22.2. The minimum atomic E-state index is -0.573. The number of ether oxygens (including phenoxy) is 1. The van der Waals surface area contributed by atoms with Crippen molar-refractivity contribution in [2.24, 2.45) is 5.92 Å². The van der Waals surface area contributed by atoms with Gasteiger partial charge in [0, 0.05) is 19.1 Å². The van der Waals surface area contributed by atoms with Crippen molar-refractivity contribution in [2.45, 2.75) is 59.0 Å². The van der Waals surface area contributed by atoms with E-state index < -0.39 is 6.04 Å². The fourth-order valence-electron chi connectivity index (χ4n) is 3.60. The van der Waals surface area contributed by atoms with Gasteiger partial charge in [-0.25, -0.2) is 0 Å². The number of likely N-dealkylation sites (tertiary alicyclic amines) is 1. The molecule has 6 nitrogen and oxygen atoms in total. The Bertz CT molecular complexity index is 640. The van der Waals surface area contributed by atoms with Crippen molar-refractivity contribution in [3.05, 3.63) is 29.8 Å². The lowest BCUT2D eigenvalue weighted by molar-refractivity contribution is -0.125. The second-order valence-electron chi connectivity index (χ2n) is 7.75. The van der Waals surface area contributed by atoms with Gasteiger partial charge in [-0.15, -0.1) is 0 Å². The summed E-state index contributed by atoms with van der Waals surface area (Å²) in [4.78, 5) is 28.1. The zero-order valence-electron chi connectivity index (χ0n) is 17.7. The van der Waals surface area contributed by atoms with Gasteiger partial charge >= 0.3 is 0 Å². The van der Waals surface area contributed by atoms with Crippen LogP contribution in [0.1, 0.15) is 57.3 Å². The molecule has 1 heterocycles. The normalized spacial score (nSPS) is 16.6. The van der Waals surface area contributed by atoms with E-state index in [1.54, 1.807) is 18.2 Å². The first-order valence-corrected chi connectivity index (χ1v) is 10.5. The van der Waals surface area contributed by atoms with Crippen molar-refractivity contribution in [3.8, 4) is 5.75 Å². The summed E-state index contributed by atoms with van der Waals surface area (Å²) in [6.07, 6.45) is 3.07. The zero-order valence-corrected chi connectivity index (χ0v) is 17.7. The molecular formula is C22H35N3O3. The number of nitrogens with zero attached hydrogens (tertiary/aromatic N) is 1. The van der Waals surface area contributed by atoms with Gasteiger partial charge in [-0.05, 0) is 50.8 Å². The predicted molar refractivity (Wildman–Crippen MR) is 112 cm³/mol. The highest BCUT2D eigenvalue weighted by Gasteiger charge is 2.28. The van der Waals surface area contributed by atoms with E-state index >= 15 is 0 Å². The molecule has 2 rings (SSSR count). The standard InChI is InChI=1S/C22H35N3O3/c1-5-13-25-14-11-17(12-15-25)23-22(27)20(16(3)4)24-21(26)18-9-7-8-10-19(18)28-6-2/h7-10,16-17,20H,5-6,11-15H2,1-4H3,(H,23,27)(H,24,26). The molecule has 1 aliphatic heterocycles. The van der Waals surface area contributed by atoms with Crippen molar-refractivity contribution in [1.29, 1.82) is 0 Å². The Labute approximate surface area is 169 Å². The second-order valence-corrected chi connectivity index (χ2v) is 7.75. The Morgan fingerprint density at radius 2 is 1.86 bits per heavy atom. The third-order valence-electron chi connectivity index (χ3n) is 5.14. The summed E-state index contributed by atoms with van der Waals surface area (Å²) in [5.41, 5.74) is 0.454. The van der Waals surface area contributed by atoms with Crippen LogP contribution in [0.3, 0.4) is 0 Å². The van der Waals surface area contributed by atoms with Crippen LogP contribution in [0.15, 0.2) is 24.3 Å². The number of carbonyl (C=O) groups excluding carboxylic acids is 2. The van der Waals surface area contributed by atoms with E-state index in [0.29, 0.717) is 17.9 Å². The first-order chi connectivity index (χ1) is 13.5. The summed E-state index contributed by atoms with van der Waals surface area (Å²) in [6, 6.07) is 6.72. The molecule has 1 aromatic carbocycles. The summed E-state index contributed by atoms with van der Waals surface area (Å²) in [5, 5.41) is 6.06. The highest BCUT2D eigenvalue weighted by atomic mass is 16.5. The molecule has 0 radical (unpaired) electrons. The van der Waals surface area contributed by atoms with Crippen LogP contribution < -0.4 is 15.4 Å². The van der Waals surface area contributed by atoms with E-state index in [1.165, 1.54) is 0 Å². The van der Waals surface area contributed by atoms with Gasteiger partial charge in [0.1, 0.15) is 11.8 Å². The largest absolute Gasteiger partial charge is 0.493 e. The molecule has 156 valence electrons. The lowest BCUT2D eigenvalue weighted by Gasteiger charge is -2.33. The van der Waals surface area contributed by atoms with Gasteiger partial charge in [-0.3, -0.25) is 9.59 Å². The van der Waals surface area contributed by atoms with Crippen LogP contribution in [0.25, 0.3) is 0 Å². The zero-order chi connectivity index (χ0) is 20.5. The number of rotatable bonds is 9. The SMILES string of the molecule is CCCN1CCC(NC(=O)C(NC(=O)c2ccccc2OCC)C(C)C)CC1. The van der Waals surface area contributed by atoms with E-state index in [9.17, 15) is 9.59 Å². The molecule has 1 saturated heterocycles. The lowest BCUT2D eigenvalue weighted by Crippen LogP contribution is -2.54. The molecule has 1 unspecified atom stereocenters. The molecule has 0 aliphatic carbocycles. The smallest absolute Gasteiger partial charge is 0.255 e. The van der Waals surface area contributed by atoms with E-state index in [4.69, 9.17) is 4.74 Å². The summed E-state index contributed by atoms with van der Waals surface area (Å²) < 4.78 is 5.55.